The van der Waals surface area contributed by atoms with Crippen LogP contribution in [-0.4, -0.2) is 41.2 Å². The van der Waals surface area contributed by atoms with E-state index in [1.165, 1.54) is 25.9 Å². The SMILES string of the molecule is O=C(NC1CC2CCN(CC2)C1)n1ccc(-c2ccccc2)c1. The minimum atomic E-state index is -0.0142. The Labute approximate surface area is 137 Å². The molecule has 3 saturated heterocycles. The van der Waals surface area contributed by atoms with Crippen molar-refractivity contribution in [2.75, 3.05) is 19.6 Å². The van der Waals surface area contributed by atoms with Gasteiger partial charge in [-0.3, -0.25) is 4.57 Å². The second-order valence-corrected chi connectivity index (χ2v) is 6.80. The molecule has 1 unspecified atom stereocenters. The van der Waals surface area contributed by atoms with Crippen LogP contribution in [0, 0.1) is 5.92 Å². The molecule has 1 aromatic heterocycles. The maximum Gasteiger partial charge on any atom is 0.325 e. The Kier molecular flexibility index (Phi) is 3.92. The first-order chi connectivity index (χ1) is 11.3. The van der Waals surface area contributed by atoms with Gasteiger partial charge in [0.15, 0.2) is 0 Å². The zero-order valence-corrected chi connectivity index (χ0v) is 13.3. The van der Waals surface area contributed by atoms with Crippen molar-refractivity contribution in [2.45, 2.75) is 25.3 Å². The van der Waals surface area contributed by atoms with E-state index in [1.807, 2.05) is 36.7 Å². The number of fused-ring (bicyclic) bond motifs is 4. The van der Waals surface area contributed by atoms with Crippen LogP contribution in [0.4, 0.5) is 4.79 Å². The number of hydrogen-bond acceptors (Lipinski definition) is 2. The maximum absolute atomic E-state index is 12.5. The van der Waals surface area contributed by atoms with Gasteiger partial charge in [-0.05, 0) is 55.5 Å². The quantitative estimate of drug-likeness (QED) is 0.925. The summed E-state index contributed by atoms with van der Waals surface area (Å²) in [4.78, 5) is 15.0. The third kappa shape index (κ3) is 3.17. The Morgan fingerprint density at radius 1 is 1.04 bits per heavy atom. The average molecular weight is 309 g/mol. The van der Waals surface area contributed by atoms with Crippen molar-refractivity contribution in [3.8, 4) is 11.1 Å². The van der Waals surface area contributed by atoms with Crippen molar-refractivity contribution in [2.24, 2.45) is 5.92 Å². The Hall–Kier alpha value is -2.07. The summed E-state index contributed by atoms with van der Waals surface area (Å²) in [6.07, 6.45) is 7.46. The lowest BCUT2D eigenvalue weighted by Crippen LogP contribution is -2.43. The van der Waals surface area contributed by atoms with Crippen molar-refractivity contribution < 1.29 is 4.79 Å². The van der Waals surface area contributed by atoms with Gasteiger partial charge >= 0.3 is 6.03 Å². The minimum Gasteiger partial charge on any atom is -0.333 e. The smallest absolute Gasteiger partial charge is 0.325 e. The Morgan fingerprint density at radius 3 is 2.61 bits per heavy atom. The first kappa shape index (κ1) is 14.5. The van der Waals surface area contributed by atoms with Crippen LogP contribution in [0.2, 0.25) is 0 Å². The first-order valence-electron chi connectivity index (χ1n) is 8.54. The lowest BCUT2D eigenvalue weighted by atomic mass is 9.94. The zero-order chi connectivity index (χ0) is 15.6. The third-order valence-electron chi connectivity index (χ3n) is 5.17. The van der Waals surface area contributed by atoms with Crippen LogP contribution in [0.3, 0.4) is 0 Å². The van der Waals surface area contributed by atoms with E-state index in [-0.39, 0.29) is 12.1 Å². The predicted octanol–water partition coefficient (Wildman–Crippen LogP) is 3.20. The highest BCUT2D eigenvalue weighted by Crippen LogP contribution is 2.26. The number of carbonyl (C=O) groups is 1. The molecule has 3 aliphatic rings. The number of rotatable bonds is 2. The summed E-state index contributed by atoms with van der Waals surface area (Å²) in [7, 11) is 0. The number of aromatic nitrogens is 1. The Bertz CT molecular complexity index is 657. The molecular weight excluding hydrogens is 286 g/mol. The fraction of sp³-hybridized carbons (Fsp3) is 0.421. The van der Waals surface area contributed by atoms with E-state index in [9.17, 15) is 4.79 Å². The molecule has 0 saturated carbocycles. The van der Waals surface area contributed by atoms with Crippen molar-refractivity contribution in [1.82, 2.24) is 14.8 Å². The van der Waals surface area contributed by atoms with Crippen LogP contribution < -0.4 is 5.32 Å². The standard InChI is InChI=1S/C19H23N3O/c23-19(20-18-12-15-6-9-21(14-18)10-7-15)22-11-8-17(13-22)16-4-2-1-3-5-16/h1-5,8,11,13,15,18H,6-7,9-10,12,14H2,(H,20,23). The van der Waals surface area contributed by atoms with Crippen LogP contribution in [-0.2, 0) is 0 Å². The van der Waals surface area contributed by atoms with Gasteiger partial charge in [-0.1, -0.05) is 30.3 Å². The summed E-state index contributed by atoms with van der Waals surface area (Å²) >= 11 is 0. The van der Waals surface area contributed by atoms with Crippen LogP contribution in [0.15, 0.2) is 48.8 Å². The fourth-order valence-corrected chi connectivity index (χ4v) is 3.87. The molecule has 3 aliphatic heterocycles. The zero-order valence-electron chi connectivity index (χ0n) is 13.3. The number of amides is 1. The molecule has 2 aromatic rings. The van der Waals surface area contributed by atoms with E-state index < -0.39 is 0 Å². The van der Waals surface area contributed by atoms with E-state index in [2.05, 4.69) is 22.3 Å². The molecular formula is C19H23N3O. The number of nitrogens with zero attached hydrogens (tertiary/aromatic N) is 2. The second kappa shape index (κ2) is 6.20. The van der Waals surface area contributed by atoms with Gasteiger partial charge in [-0.25, -0.2) is 4.79 Å². The first-order valence-corrected chi connectivity index (χ1v) is 8.54. The van der Waals surface area contributed by atoms with Gasteiger partial charge in [-0.15, -0.1) is 0 Å². The van der Waals surface area contributed by atoms with E-state index in [0.717, 1.165) is 30.0 Å². The van der Waals surface area contributed by atoms with Crippen molar-refractivity contribution in [3.63, 3.8) is 0 Å². The van der Waals surface area contributed by atoms with Crippen LogP contribution in [0.5, 0.6) is 0 Å². The molecule has 0 radical (unpaired) electrons. The molecule has 4 heteroatoms. The number of carbonyl (C=O) groups excluding carboxylic acids is 1. The molecule has 4 nitrogen and oxygen atoms in total. The molecule has 1 amide bonds. The monoisotopic (exact) mass is 309 g/mol. The summed E-state index contributed by atoms with van der Waals surface area (Å²) in [6.45, 7) is 3.38. The summed E-state index contributed by atoms with van der Waals surface area (Å²) < 4.78 is 1.67. The summed E-state index contributed by atoms with van der Waals surface area (Å²) in [5.74, 6) is 0.781. The van der Waals surface area contributed by atoms with Gasteiger partial charge < -0.3 is 10.2 Å². The second-order valence-electron chi connectivity index (χ2n) is 6.80. The Morgan fingerprint density at radius 2 is 1.83 bits per heavy atom. The minimum absolute atomic E-state index is 0.0142. The molecule has 2 bridgehead atoms. The normalized spacial score (nSPS) is 26.7. The van der Waals surface area contributed by atoms with Crippen molar-refractivity contribution in [3.05, 3.63) is 48.8 Å². The van der Waals surface area contributed by atoms with Gasteiger partial charge in [0.2, 0.25) is 0 Å². The lowest BCUT2D eigenvalue weighted by molar-refractivity contribution is 0.217. The maximum atomic E-state index is 12.5. The summed E-state index contributed by atoms with van der Waals surface area (Å²) in [5.41, 5.74) is 2.21. The van der Waals surface area contributed by atoms with Crippen molar-refractivity contribution in [1.29, 1.82) is 0 Å². The predicted molar refractivity (Wildman–Crippen MR) is 91.4 cm³/mol. The molecule has 4 heterocycles. The number of benzene rings is 1. The highest BCUT2D eigenvalue weighted by molar-refractivity contribution is 5.79. The summed E-state index contributed by atoms with van der Waals surface area (Å²) in [6, 6.07) is 12.4. The van der Waals surface area contributed by atoms with Gasteiger partial charge in [-0.2, -0.15) is 0 Å². The lowest BCUT2D eigenvalue weighted by Gasteiger charge is -2.26. The van der Waals surface area contributed by atoms with Crippen LogP contribution in [0.25, 0.3) is 11.1 Å². The molecule has 120 valence electrons. The average Bonchev–Trinajstić information content (AvgIpc) is 2.91. The molecule has 1 aromatic carbocycles. The molecule has 5 rings (SSSR count). The van der Waals surface area contributed by atoms with Gasteiger partial charge in [0, 0.05) is 25.0 Å². The van der Waals surface area contributed by atoms with E-state index in [4.69, 9.17) is 0 Å². The Balaban J connectivity index is 1.44. The highest BCUT2D eigenvalue weighted by atomic mass is 16.2. The third-order valence-corrected chi connectivity index (χ3v) is 5.17. The molecule has 23 heavy (non-hydrogen) atoms. The molecule has 3 fully saturated rings. The molecule has 0 aliphatic carbocycles. The molecule has 1 atom stereocenters. The van der Waals surface area contributed by atoms with Gasteiger partial charge in [0.1, 0.15) is 0 Å². The van der Waals surface area contributed by atoms with Gasteiger partial charge in [0.05, 0.1) is 0 Å². The summed E-state index contributed by atoms with van der Waals surface area (Å²) in [5, 5.41) is 3.22. The topological polar surface area (TPSA) is 37.3 Å². The van der Waals surface area contributed by atoms with E-state index >= 15 is 0 Å². The van der Waals surface area contributed by atoms with E-state index in [0.29, 0.717) is 0 Å². The molecule has 0 spiro atoms. The van der Waals surface area contributed by atoms with Gasteiger partial charge in [0.25, 0.3) is 0 Å². The highest BCUT2D eigenvalue weighted by Gasteiger charge is 2.29. The number of hydrogen-bond donors (Lipinski definition) is 1. The largest absolute Gasteiger partial charge is 0.333 e. The fourth-order valence-electron chi connectivity index (χ4n) is 3.87. The van der Waals surface area contributed by atoms with Crippen LogP contribution >= 0.6 is 0 Å². The number of piperidine rings is 1. The number of nitrogens with one attached hydrogen (secondary N) is 1. The van der Waals surface area contributed by atoms with Crippen molar-refractivity contribution >= 4 is 6.03 Å². The van der Waals surface area contributed by atoms with E-state index in [1.54, 1.807) is 4.57 Å². The van der Waals surface area contributed by atoms with Crippen LogP contribution in [0.1, 0.15) is 19.3 Å². The molecule has 1 N–H and O–H groups in total.